The molecule has 1 saturated carbocycles. The second-order valence-electron chi connectivity index (χ2n) is 6.63. The maximum absolute atomic E-state index is 12.2. The lowest BCUT2D eigenvalue weighted by Gasteiger charge is -2.25. The number of hydrogen-bond acceptors (Lipinski definition) is 3. The van der Waals surface area contributed by atoms with E-state index in [1.165, 1.54) is 0 Å². The van der Waals surface area contributed by atoms with Crippen molar-refractivity contribution in [3.63, 3.8) is 0 Å². The van der Waals surface area contributed by atoms with E-state index in [0.717, 1.165) is 42.6 Å². The van der Waals surface area contributed by atoms with E-state index >= 15 is 0 Å². The standard InChI is InChI=1S/C21H26N2O2.ClH/c22-18-10-6-9-17(15-18)21(24)23-13-14-25-20-12-5-4-11-19(20)16-7-2-1-3-8-16;/h1-5,7-8,11-12,17-18H,6,9-10,13-15,22H2,(H,23,24);1H. The van der Waals surface area contributed by atoms with Crippen molar-refractivity contribution in [1.82, 2.24) is 5.32 Å². The molecule has 0 aliphatic heterocycles. The fraction of sp³-hybridized carbons (Fsp3) is 0.381. The van der Waals surface area contributed by atoms with Crippen molar-refractivity contribution in [2.75, 3.05) is 13.2 Å². The number of carbonyl (C=O) groups excluding carboxylic acids is 1. The normalized spacial score (nSPS) is 19.3. The smallest absolute Gasteiger partial charge is 0.223 e. The minimum Gasteiger partial charge on any atom is -0.491 e. The lowest BCUT2D eigenvalue weighted by Crippen LogP contribution is -2.39. The number of ether oxygens (including phenoxy) is 1. The summed E-state index contributed by atoms with van der Waals surface area (Å²) >= 11 is 0. The van der Waals surface area contributed by atoms with Crippen LogP contribution in [0, 0.1) is 5.92 Å². The van der Waals surface area contributed by atoms with Gasteiger partial charge in [-0.15, -0.1) is 12.4 Å². The zero-order valence-electron chi connectivity index (χ0n) is 14.9. The second kappa shape index (κ2) is 10.2. The van der Waals surface area contributed by atoms with Gasteiger partial charge in [0.15, 0.2) is 0 Å². The number of nitrogens with one attached hydrogen (secondary N) is 1. The highest BCUT2D eigenvalue weighted by molar-refractivity contribution is 5.85. The van der Waals surface area contributed by atoms with Crippen LogP contribution in [-0.4, -0.2) is 25.1 Å². The van der Waals surface area contributed by atoms with Crippen LogP contribution >= 0.6 is 12.4 Å². The highest BCUT2D eigenvalue weighted by Gasteiger charge is 2.24. The molecule has 2 unspecified atom stereocenters. The van der Waals surface area contributed by atoms with E-state index in [0.29, 0.717) is 13.2 Å². The van der Waals surface area contributed by atoms with Crippen LogP contribution < -0.4 is 15.8 Å². The van der Waals surface area contributed by atoms with Crippen molar-refractivity contribution >= 4 is 18.3 Å². The van der Waals surface area contributed by atoms with Gasteiger partial charge in [-0.2, -0.15) is 0 Å². The monoisotopic (exact) mass is 374 g/mol. The molecule has 26 heavy (non-hydrogen) atoms. The Balaban J connectivity index is 0.00000243. The molecular weight excluding hydrogens is 348 g/mol. The van der Waals surface area contributed by atoms with Crippen molar-refractivity contribution in [3.8, 4) is 16.9 Å². The number of rotatable bonds is 6. The fourth-order valence-corrected chi connectivity index (χ4v) is 3.39. The van der Waals surface area contributed by atoms with Crippen LogP contribution in [0.2, 0.25) is 0 Å². The Hall–Kier alpha value is -2.04. The molecule has 1 aliphatic carbocycles. The minimum absolute atomic E-state index is 0. The molecule has 0 saturated heterocycles. The van der Waals surface area contributed by atoms with Crippen LogP contribution in [0.3, 0.4) is 0 Å². The zero-order valence-corrected chi connectivity index (χ0v) is 15.7. The van der Waals surface area contributed by atoms with Crippen LogP contribution in [0.25, 0.3) is 11.1 Å². The van der Waals surface area contributed by atoms with E-state index in [1.807, 2.05) is 42.5 Å². The molecule has 0 spiro atoms. The van der Waals surface area contributed by atoms with Gasteiger partial charge in [0, 0.05) is 17.5 Å². The summed E-state index contributed by atoms with van der Waals surface area (Å²) in [4.78, 5) is 12.2. The van der Waals surface area contributed by atoms with Gasteiger partial charge in [0.25, 0.3) is 0 Å². The van der Waals surface area contributed by atoms with Crippen molar-refractivity contribution < 1.29 is 9.53 Å². The summed E-state index contributed by atoms with van der Waals surface area (Å²) in [6.07, 6.45) is 3.81. The Kier molecular flexibility index (Phi) is 7.95. The average Bonchev–Trinajstić information content (AvgIpc) is 2.66. The van der Waals surface area contributed by atoms with Gasteiger partial charge in [-0.25, -0.2) is 0 Å². The summed E-state index contributed by atoms with van der Waals surface area (Å²) in [6, 6.07) is 18.3. The highest BCUT2D eigenvalue weighted by Crippen LogP contribution is 2.29. The van der Waals surface area contributed by atoms with Gasteiger partial charge in [0.05, 0.1) is 6.54 Å². The molecule has 3 N–H and O–H groups in total. The fourth-order valence-electron chi connectivity index (χ4n) is 3.39. The van der Waals surface area contributed by atoms with E-state index < -0.39 is 0 Å². The Bertz CT molecular complexity index is 693. The molecule has 2 aromatic rings. The minimum atomic E-state index is 0. The highest BCUT2D eigenvalue weighted by atomic mass is 35.5. The molecule has 0 heterocycles. The van der Waals surface area contributed by atoms with Gasteiger partial charge < -0.3 is 15.8 Å². The number of para-hydroxylation sites is 1. The second-order valence-corrected chi connectivity index (χ2v) is 6.63. The first-order chi connectivity index (χ1) is 12.2. The molecule has 0 bridgehead atoms. The molecule has 1 amide bonds. The van der Waals surface area contributed by atoms with Crippen LogP contribution in [-0.2, 0) is 4.79 Å². The zero-order chi connectivity index (χ0) is 17.5. The van der Waals surface area contributed by atoms with Crippen LogP contribution in [0.1, 0.15) is 25.7 Å². The van der Waals surface area contributed by atoms with Gasteiger partial charge in [0.1, 0.15) is 12.4 Å². The molecule has 140 valence electrons. The topological polar surface area (TPSA) is 64.4 Å². The van der Waals surface area contributed by atoms with Gasteiger partial charge >= 0.3 is 0 Å². The SMILES string of the molecule is Cl.NC1CCCC(C(=O)NCCOc2ccccc2-c2ccccc2)C1. The summed E-state index contributed by atoms with van der Waals surface area (Å²) < 4.78 is 5.91. The summed E-state index contributed by atoms with van der Waals surface area (Å²) in [5.74, 6) is 0.998. The van der Waals surface area contributed by atoms with Crippen LogP contribution in [0.5, 0.6) is 5.75 Å². The van der Waals surface area contributed by atoms with Crippen molar-refractivity contribution in [1.29, 1.82) is 0 Å². The van der Waals surface area contributed by atoms with E-state index in [-0.39, 0.29) is 30.3 Å². The largest absolute Gasteiger partial charge is 0.491 e. The number of hydrogen-bond donors (Lipinski definition) is 2. The number of nitrogens with two attached hydrogens (primary N) is 1. The summed E-state index contributed by atoms with van der Waals surface area (Å²) in [5.41, 5.74) is 8.15. The third-order valence-electron chi connectivity index (χ3n) is 4.72. The maximum atomic E-state index is 12.2. The van der Waals surface area contributed by atoms with Crippen molar-refractivity contribution in [2.45, 2.75) is 31.7 Å². The average molecular weight is 375 g/mol. The van der Waals surface area contributed by atoms with Gasteiger partial charge in [0.2, 0.25) is 5.91 Å². The number of carbonyl (C=O) groups is 1. The third-order valence-corrected chi connectivity index (χ3v) is 4.72. The van der Waals surface area contributed by atoms with E-state index in [9.17, 15) is 4.79 Å². The Morgan fingerprint density at radius 2 is 1.81 bits per heavy atom. The molecule has 2 aromatic carbocycles. The summed E-state index contributed by atoms with van der Waals surface area (Å²) in [6.45, 7) is 0.960. The molecule has 2 atom stereocenters. The predicted octanol–water partition coefficient (Wildman–Crippen LogP) is 3.79. The third kappa shape index (κ3) is 5.48. The molecule has 1 aliphatic rings. The number of amides is 1. The Morgan fingerprint density at radius 1 is 1.08 bits per heavy atom. The molecule has 5 heteroatoms. The Morgan fingerprint density at radius 3 is 2.58 bits per heavy atom. The van der Waals surface area contributed by atoms with Crippen molar-refractivity contribution in [2.24, 2.45) is 11.7 Å². The summed E-state index contributed by atoms with van der Waals surface area (Å²) in [7, 11) is 0. The van der Waals surface area contributed by atoms with Gasteiger partial charge in [-0.05, 0) is 30.9 Å². The first-order valence-electron chi connectivity index (χ1n) is 9.04. The van der Waals surface area contributed by atoms with Crippen molar-refractivity contribution in [3.05, 3.63) is 54.6 Å². The lowest BCUT2D eigenvalue weighted by molar-refractivity contribution is -0.126. The molecule has 3 rings (SSSR count). The maximum Gasteiger partial charge on any atom is 0.223 e. The molecule has 0 radical (unpaired) electrons. The first kappa shape index (κ1) is 20.3. The predicted molar refractivity (Wildman–Crippen MR) is 108 cm³/mol. The Labute approximate surface area is 161 Å². The molecular formula is C21H27ClN2O2. The van der Waals surface area contributed by atoms with Crippen LogP contribution in [0.15, 0.2) is 54.6 Å². The van der Waals surface area contributed by atoms with Crippen LogP contribution in [0.4, 0.5) is 0 Å². The first-order valence-corrected chi connectivity index (χ1v) is 9.04. The number of halogens is 1. The lowest BCUT2D eigenvalue weighted by atomic mass is 9.85. The van der Waals surface area contributed by atoms with Gasteiger partial charge in [-0.1, -0.05) is 55.0 Å². The van der Waals surface area contributed by atoms with E-state index in [4.69, 9.17) is 10.5 Å². The molecule has 0 aromatic heterocycles. The molecule has 1 fully saturated rings. The van der Waals surface area contributed by atoms with E-state index in [1.54, 1.807) is 0 Å². The molecule has 4 nitrogen and oxygen atoms in total. The van der Waals surface area contributed by atoms with Gasteiger partial charge in [-0.3, -0.25) is 4.79 Å². The van der Waals surface area contributed by atoms with E-state index in [2.05, 4.69) is 17.4 Å². The summed E-state index contributed by atoms with van der Waals surface area (Å²) in [5, 5.41) is 2.98. The number of benzene rings is 2. The quantitative estimate of drug-likeness (QED) is 0.756.